The number of benzene rings is 1. The van der Waals surface area contributed by atoms with E-state index in [1.54, 1.807) is 29.5 Å². The van der Waals surface area contributed by atoms with Crippen LogP contribution in [-0.2, 0) is 14.8 Å². The Kier molecular flexibility index (Phi) is 5.12. The van der Waals surface area contributed by atoms with Crippen LogP contribution in [0, 0.1) is 0 Å². The van der Waals surface area contributed by atoms with E-state index >= 15 is 0 Å². The molecule has 2 aromatic rings. The van der Waals surface area contributed by atoms with Crippen LogP contribution in [0.4, 0.5) is 5.69 Å². The maximum Gasteiger partial charge on any atom is 0.258 e. The molecule has 9 heteroatoms. The van der Waals surface area contributed by atoms with E-state index in [1.165, 1.54) is 5.01 Å². The summed E-state index contributed by atoms with van der Waals surface area (Å²) in [5.74, 6) is -0.408. The summed E-state index contributed by atoms with van der Waals surface area (Å²) in [6.07, 6.45) is 1.64. The molecule has 0 saturated carbocycles. The van der Waals surface area contributed by atoms with Crippen LogP contribution >= 0.6 is 22.9 Å². The summed E-state index contributed by atoms with van der Waals surface area (Å²) in [5, 5.41) is 7.82. The molecule has 1 aromatic carbocycles. The van der Waals surface area contributed by atoms with Gasteiger partial charge in [0.2, 0.25) is 10.0 Å². The minimum atomic E-state index is -3.36. The Hall–Kier alpha value is -1.90. The van der Waals surface area contributed by atoms with E-state index in [0.717, 1.165) is 16.7 Å². The summed E-state index contributed by atoms with van der Waals surface area (Å²) in [4.78, 5) is 13.2. The number of amides is 1. The number of halogens is 1. The highest BCUT2D eigenvalue weighted by Crippen LogP contribution is 2.35. The highest BCUT2D eigenvalue weighted by atomic mass is 35.5. The number of rotatable bonds is 5. The molecule has 0 spiro atoms. The number of hydrazone groups is 1. The number of nitrogens with zero attached hydrogens (tertiary/aromatic N) is 2. The normalized spacial score (nSPS) is 17.4. The molecule has 1 atom stereocenters. The average molecular weight is 398 g/mol. The molecule has 0 aliphatic carbocycles. The van der Waals surface area contributed by atoms with Crippen LogP contribution in [0.15, 0.2) is 46.9 Å². The predicted octanol–water partition coefficient (Wildman–Crippen LogP) is 3.04. The number of hydrogen-bond donors (Lipinski definition) is 1. The van der Waals surface area contributed by atoms with Gasteiger partial charge >= 0.3 is 0 Å². The summed E-state index contributed by atoms with van der Waals surface area (Å²) in [6.45, 7) is 0. The van der Waals surface area contributed by atoms with Crippen molar-refractivity contribution in [3.05, 3.63) is 52.2 Å². The Bertz CT molecular complexity index is 910. The first-order valence-electron chi connectivity index (χ1n) is 7.44. The van der Waals surface area contributed by atoms with Gasteiger partial charge in [-0.1, -0.05) is 18.2 Å². The number of thiophene rings is 1. The summed E-state index contributed by atoms with van der Waals surface area (Å²) in [7, 11) is -3.36. The molecule has 25 heavy (non-hydrogen) atoms. The molecule has 1 aliphatic rings. The van der Waals surface area contributed by atoms with Gasteiger partial charge in [-0.15, -0.1) is 22.9 Å². The van der Waals surface area contributed by atoms with Gasteiger partial charge in [0.15, 0.2) is 0 Å². The van der Waals surface area contributed by atoms with Gasteiger partial charge in [-0.3, -0.25) is 9.52 Å². The lowest BCUT2D eigenvalue weighted by molar-refractivity contribution is -0.130. The van der Waals surface area contributed by atoms with E-state index in [4.69, 9.17) is 11.6 Å². The van der Waals surface area contributed by atoms with Gasteiger partial charge in [0.1, 0.15) is 5.88 Å². The van der Waals surface area contributed by atoms with Crippen LogP contribution in [-0.4, -0.2) is 37.2 Å². The topological polar surface area (TPSA) is 78.8 Å². The van der Waals surface area contributed by atoms with Crippen LogP contribution in [0.1, 0.15) is 22.9 Å². The third kappa shape index (κ3) is 4.20. The molecule has 1 N–H and O–H groups in total. The van der Waals surface area contributed by atoms with Crippen molar-refractivity contribution >= 4 is 50.3 Å². The van der Waals surface area contributed by atoms with Crippen LogP contribution in [0.2, 0.25) is 0 Å². The first kappa shape index (κ1) is 17.9. The highest BCUT2D eigenvalue weighted by molar-refractivity contribution is 7.92. The standard InChI is InChI=1S/C16H16ClN3O3S2/c1-25(22,23)19-12-5-2-4-11(8-12)13-9-14(15-6-3-7-24-15)20(18-13)16(21)10-17/h2-8,14,19H,9-10H2,1H3. The minimum Gasteiger partial charge on any atom is -0.284 e. The molecule has 3 rings (SSSR count). The molecule has 0 fully saturated rings. The van der Waals surface area contributed by atoms with E-state index in [1.807, 2.05) is 23.6 Å². The molecule has 2 heterocycles. The third-order valence-electron chi connectivity index (χ3n) is 3.65. The Morgan fingerprint density at radius 1 is 1.40 bits per heavy atom. The average Bonchev–Trinajstić information content (AvgIpc) is 3.22. The van der Waals surface area contributed by atoms with E-state index < -0.39 is 10.0 Å². The fraction of sp³-hybridized carbons (Fsp3) is 0.250. The first-order valence-corrected chi connectivity index (χ1v) is 10.7. The van der Waals surface area contributed by atoms with Crippen molar-refractivity contribution in [2.45, 2.75) is 12.5 Å². The second kappa shape index (κ2) is 7.15. The molecule has 0 saturated heterocycles. The molecule has 1 unspecified atom stereocenters. The first-order chi connectivity index (χ1) is 11.9. The van der Waals surface area contributed by atoms with Gasteiger partial charge in [-0.05, 0) is 29.1 Å². The summed E-state index contributed by atoms with van der Waals surface area (Å²) in [5.41, 5.74) is 1.94. The van der Waals surface area contributed by atoms with E-state index in [0.29, 0.717) is 17.8 Å². The van der Waals surface area contributed by atoms with E-state index in [2.05, 4.69) is 9.82 Å². The zero-order valence-corrected chi connectivity index (χ0v) is 15.7. The van der Waals surface area contributed by atoms with Crippen LogP contribution < -0.4 is 4.72 Å². The number of sulfonamides is 1. The molecule has 1 aliphatic heterocycles. The maximum atomic E-state index is 12.2. The molecule has 6 nitrogen and oxygen atoms in total. The minimum absolute atomic E-state index is 0.145. The Balaban J connectivity index is 1.92. The van der Waals surface area contributed by atoms with Crippen LogP contribution in [0.5, 0.6) is 0 Å². The van der Waals surface area contributed by atoms with E-state index in [-0.39, 0.29) is 17.8 Å². The predicted molar refractivity (Wildman–Crippen MR) is 101 cm³/mol. The fourth-order valence-electron chi connectivity index (χ4n) is 2.65. The fourth-order valence-corrected chi connectivity index (χ4v) is 4.14. The Labute approximate surface area is 155 Å². The van der Waals surface area contributed by atoms with Gasteiger partial charge in [0.25, 0.3) is 5.91 Å². The summed E-state index contributed by atoms with van der Waals surface area (Å²) < 4.78 is 25.3. The van der Waals surface area contributed by atoms with E-state index in [9.17, 15) is 13.2 Å². The number of nitrogens with one attached hydrogen (secondary N) is 1. The summed E-state index contributed by atoms with van der Waals surface area (Å²) >= 11 is 7.27. The SMILES string of the molecule is CS(=O)(=O)Nc1cccc(C2=NN(C(=O)CCl)C(c3cccs3)C2)c1. The lowest BCUT2D eigenvalue weighted by Crippen LogP contribution is -2.27. The molecule has 132 valence electrons. The second-order valence-corrected chi connectivity index (χ2v) is 8.60. The lowest BCUT2D eigenvalue weighted by Gasteiger charge is -2.19. The van der Waals surface area contributed by atoms with Crippen molar-refractivity contribution in [1.29, 1.82) is 0 Å². The maximum absolute atomic E-state index is 12.2. The van der Waals surface area contributed by atoms with Crippen molar-refractivity contribution in [2.24, 2.45) is 5.10 Å². The van der Waals surface area contributed by atoms with Crippen LogP contribution in [0.3, 0.4) is 0 Å². The number of carbonyl (C=O) groups excluding carboxylic acids is 1. The Morgan fingerprint density at radius 2 is 2.20 bits per heavy atom. The van der Waals surface area contributed by atoms with Crippen molar-refractivity contribution in [1.82, 2.24) is 5.01 Å². The molecule has 1 aromatic heterocycles. The van der Waals surface area contributed by atoms with Crippen molar-refractivity contribution in [3.8, 4) is 0 Å². The summed E-state index contributed by atoms with van der Waals surface area (Å²) in [6, 6.07) is 10.7. The lowest BCUT2D eigenvalue weighted by atomic mass is 10.0. The molecular weight excluding hydrogens is 382 g/mol. The number of anilines is 1. The zero-order valence-electron chi connectivity index (χ0n) is 13.3. The highest BCUT2D eigenvalue weighted by Gasteiger charge is 2.33. The van der Waals surface area contributed by atoms with Gasteiger partial charge in [0, 0.05) is 17.0 Å². The van der Waals surface area contributed by atoms with Crippen LogP contribution in [0.25, 0.3) is 0 Å². The molecule has 0 bridgehead atoms. The van der Waals surface area contributed by atoms with Gasteiger partial charge in [-0.2, -0.15) is 5.10 Å². The second-order valence-electron chi connectivity index (χ2n) is 5.61. The number of alkyl halides is 1. The van der Waals surface area contributed by atoms with Gasteiger partial charge in [0.05, 0.1) is 18.0 Å². The zero-order chi connectivity index (χ0) is 18.0. The van der Waals surface area contributed by atoms with Crippen molar-refractivity contribution in [3.63, 3.8) is 0 Å². The van der Waals surface area contributed by atoms with Crippen molar-refractivity contribution in [2.75, 3.05) is 16.9 Å². The van der Waals surface area contributed by atoms with Gasteiger partial charge < -0.3 is 0 Å². The smallest absolute Gasteiger partial charge is 0.258 e. The molecule has 1 amide bonds. The third-order valence-corrected chi connectivity index (χ3v) is 5.46. The molecular formula is C16H16ClN3O3S2. The van der Waals surface area contributed by atoms with Gasteiger partial charge in [-0.25, -0.2) is 13.4 Å². The largest absolute Gasteiger partial charge is 0.284 e. The molecule has 0 radical (unpaired) electrons. The van der Waals surface area contributed by atoms with Crippen molar-refractivity contribution < 1.29 is 13.2 Å². The number of carbonyl (C=O) groups is 1. The number of hydrogen-bond acceptors (Lipinski definition) is 5. The Morgan fingerprint density at radius 3 is 2.84 bits per heavy atom. The quantitative estimate of drug-likeness (QED) is 0.787. The monoisotopic (exact) mass is 397 g/mol.